The summed E-state index contributed by atoms with van der Waals surface area (Å²) in [6.45, 7) is 13.5. The van der Waals surface area contributed by atoms with E-state index in [4.69, 9.17) is 4.74 Å². The van der Waals surface area contributed by atoms with Gasteiger partial charge in [0.2, 0.25) is 0 Å². The maximum Gasteiger partial charge on any atom is 0.312 e. The first-order chi connectivity index (χ1) is 16.7. The van der Waals surface area contributed by atoms with Crippen LogP contribution in [-0.2, 0) is 14.3 Å². The fourth-order valence-corrected chi connectivity index (χ4v) is 11.6. The van der Waals surface area contributed by atoms with E-state index < -0.39 is 16.8 Å². The predicted molar refractivity (Wildman–Crippen MR) is 139 cm³/mol. The lowest BCUT2D eigenvalue weighted by Crippen LogP contribution is -2.70. The molecule has 36 heavy (non-hydrogen) atoms. The molecule has 5 aliphatic rings. The molecular weight excluding hydrogens is 452 g/mol. The number of hydrogen-bond acceptors (Lipinski definition) is 4. The van der Waals surface area contributed by atoms with Crippen molar-refractivity contribution in [1.82, 2.24) is 0 Å². The molecule has 202 valence electrons. The van der Waals surface area contributed by atoms with Crippen molar-refractivity contribution in [3.63, 3.8) is 0 Å². The molecular formula is C31H48O5. The van der Waals surface area contributed by atoms with Gasteiger partial charge in [-0.25, -0.2) is 0 Å². The molecule has 0 aliphatic heterocycles. The maximum atomic E-state index is 13.7. The molecule has 5 rings (SSSR count). The van der Waals surface area contributed by atoms with Crippen molar-refractivity contribution in [2.24, 2.45) is 56.7 Å². The summed E-state index contributed by atoms with van der Waals surface area (Å²) in [6.07, 6.45) is 9.22. The van der Waals surface area contributed by atoms with E-state index in [0.717, 1.165) is 38.5 Å². The Balaban J connectivity index is 1.64. The third-order valence-electron chi connectivity index (χ3n) is 13.5. The van der Waals surface area contributed by atoms with Crippen LogP contribution in [0.2, 0.25) is 0 Å². The number of aliphatic carboxylic acids is 1. The van der Waals surface area contributed by atoms with E-state index >= 15 is 0 Å². The van der Waals surface area contributed by atoms with Gasteiger partial charge in [-0.3, -0.25) is 9.59 Å². The minimum absolute atomic E-state index is 0.00674. The Hall–Kier alpha value is -1.36. The Morgan fingerprint density at radius 3 is 2.31 bits per heavy atom. The third kappa shape index (κ3) is 2.93. The number of carbonyl (C=O) groups excluding carboxylic acids is 1. The van der Waals surface area contributed by atoms with Crippen molar-refractivity contribution < 1.29 is 24.5 Å². The zero-order valence-electron chi connectivity index (χ0n) is 23.5. The normalized spacial score (nSPS) is 51.5. The Bertz CT molecular complexity index is 983. The summed E-state index contributed by atoms with van der Waals surface area (Å²) >= 11 is 0. The number of carboxylic acids is 1. The fraction of sp³-hybridized carbons (Fsp3) is 0.871. The number of hydrogen-bond donors (Lipinski definition) is 2. The molecule has 0 bridgehead atoms. The molecule has 0 unspecified atom stereocenters. The largest absolute Gasteiger partial charge is 0.481 e. The highest BCUT2D eigenvalue weighted by molar-refractivity contribution is 5.81. The van der Waals surface area contributed by atoms with Crippen molar-refractivity contribution in [3.05, 3.63) is 11.6 Å². The first kappa shape index (κ1) is 26.3. The van der Waals surface area contributed by atoms with E-state index in [1.54, 1.807) is 0 Å². The zero-order valence-corrected chi connectivity index (χ0v) is 23.5. The smallest absolute Gasteiger partial charge is 0.312 e. The van der Waals surface area contributed by atoms with E-state index in [-0.39, 0.29) is 46.1 Å². The Labute approximate surface area is 217 Å². The van der Waals surface area contributed by atoms with Crippen LogP contribution < -0.4 is 0 Å². The van der Waals surface area contributed by atoms with E-state index in [1.165, 1.54) is 12.7 Å². The third-order valence-corrected chi connectivity index (χ3v) is 13.5. The highest BCUT2D eigenvalue weighted by atomic mass is 16.5. The van der Waals surface area contributed by atoms with E-state index in [0.29, 0.717) is 31.1 Å². The molecule has 5 heteroatoms. The molecule has 2 N–H and O–H groups in total. The van der Waals surface area contributed by atoms with Crippen molar-refractivity contribution >= 4 is 11.9 Å². The van der Waals surface area contributed by atoms with Gasteiger partial charge < -0.3 is 14.9 Å². The Morgan fingerprint density at radius 2 is 1.67 bits per heavy atom. The summed E-state index contributed by atoms with van der Waals surface area (Å²) in [4.78, 5) is 27.1. The lowest BCUT2D eigenvalue weighted by Gasteiger charge is -2.72. The summed E-state index contributed by atoms with van der Waals surface area (Å²) in [7, 11) is 1.49. The van der Waals surface area contributed by atoms with Crippen molar-refractivity contribution in [3.8, 4) is 0 Å². The number of ether oxygens (including phenoxy) is 1. The number of aliphatic hydroxyl groups is 1. The monoisotopic (exact) mass is 500 g/mol. The predicted octanol–water partition coefficient (Wildman–Crippen LogP) is 6.24. The summed E-state index contributed by atoms with van der Waals surface area (Å²) < 4.78 is 5.42. The number of allylic oxidation sites excluding steroid dienone is 2. The van der Waals surface area contributed by atoms with Gasteiger partial charge in [-0.1, -0.05) is 46.3 Å². The van der Waals surface area contributed by atoms with Crippen LogP contribution in [-0.4, -0.2) is 35.4 Å². The van der Waals surface area contributed by atoms with Crippen molar-refractivity contribution in [2.75, 3.05) is 7.11 Å². The molecule has 4 fully saturated rings. The average Bonchev–Trinajstić information content (AvgIpc) is 2.82. The second-order valence-corrected chi connectivity index (χ2v) is 14.5. The van der Waals surface area contributed by atoms with E-state index in [1.807, 2.05) is 0 Å². The van der Waals surface area contributed by atoms with Gasteiger partial charge in [-0.2, -0.15) is 0 Å². The van der Waals surface area contributed by atoms with Crippen LogP contribution in [0.15, 0.2) is 11.6 Å². The van der Waals surface area contributed by atoms with Gasteiger partial charge in [0.25, 0.3) is 0 Å². The average molecular weight is 501 g/mol. The van der Waals surface area contributed by atoms with Gasteiger partial charge in [-0.15, -0.1) is 0 Å². The fourth-order valence-electron chi connectivity index (χ4n) is 11.6. The number of fused-ring (bicyclic) bond motifs is 7. The standard InChI is InChI=1S/C31H48O5/c1-18-10-15-30(26(35)36-7)16-17-31(25(33)34)20(24(30)19(18)2)8-9-22-28(5)13-12-23(32)27(3,4)21(28)11-14-29(22,31)6/h10,19-24,32H,8-9,11-17H2,1-7H3,(H,33,34)/t19-,20-,21+,22-,23+,24-,28+,29-,30+,31-/m1/s1. The number of esters is 1. The second kappa shape index (κ2) is 8.07. The molecule has 0 spiro atoms. The van der Waals surface area contributed by atoms with Crippen LogP contribution in [0, 0.1) is 56.7 Å². The first-order valence-electron chi connectivity index (χ1n) is 14.4. The molecule has 0 aromatic heterocycles. The van der Waals surface area contributed by atoms with Gasteiger partial charge in [0, 0.05) is 0 Å². The van der Waals surface area contributed by atoms with Crippen LogP contribution in [0.5, 0.6) is 0 Å². The van der Waals surface area contributed by atoms with E-state index in [9.17, 15) is 19.8 Å². The SMILES string of the molecule is COC(=O)[C@]12CC=C(C)[C@@H](C)[C@@H]1[C@H]1CC[C@@H]3[C@@]4(C)CC[C@H](O)C(C)(C)[C@@H]4CC[C@@]3(C)[C@]1(C(=O)O)CC2. The number of carbonyl (C=O) groups is 2. The number of aliphatic hydroxyl groups excluding tert-OH is 1. The van der Waals surface area contributed by atoms with Gasteiger partial charge in [0.1, 0.15) is 0 Å². The highest BCUT2D eigenvalue weighted by Gasteiger charge is 2.75. The minimum atomic E-state index is -0.835. The maximum absolute atomic E-state index is 13.7. The van der Waals surface area contributed by atoms with Gasteiger partial charge in [0.15, 0.2) is 0 Å². The van der Waals surface area contributed by atoms with E-state index in [2.05, 4.69) is 47.6 Å². The topological polar surface area (TPSA) is 83.8 Å². The Morgan fingerprint density at radius 1 is 0.972 bits per heavy atom. The second-order valence-electron chi connectivity index (χ2n) is 14.5. The van der Waals surface area contributed by atoms with Crippen LogP contribution >= 0.6 is 0 Å². The Kier molecular flexibility index (Phi) is 5.89. The number of rotatable bonds is 2. The molecule has 0 saturated heterocycles. The summed E-state index contributed by atoms with van der Waals surface area (Å²) in [5.41, 5.74) is -0.632. The van der Waals surface area contributed by atoms with Crippen LogP contribution in [0.25, 0.3) is 0 Å². The first-order valence-corrected chi connectivity index (χ1v) is 14.4. The van der Waals surface area contributed by atoms with Gasteiger partial charge >= 0.3 is 11.9 Å². The van der Waals surface area contributed by atoms with Crippen LogP contribution in [0.3, 0.4) is 0 Å². The van der Waals surface area contributed by atoms with Crippen molar-refractivity contribution in [2.45, 2.75) is 105 Å². The lowest BCUT2D eigenvalue weighted by atomic mass is 9.31. The molecule has 0 radical (unpaired) electrons. The lowest BCUT2D eigenvalue weighted by molar-refractivity contribution is -0.258. The van der Waals surface area contributed by atoms with Crippen LogP contribution in [0.1, 0.15) is 99.3 Å². The summed E-state index contributed by atoms with van der Waals surface area (Å²) in [5.74, 6) is 0.0353. The zero-order chi connectivity index (χ0) is 26.5. The van der Waals surface area contributed by atoms with Gasteiger partial charge in [-0.05, 0) is 111 Å². The van der Waals surface area contributed by atoms with Gasteiger partial charge in [0.05, 0.1) is 24.0 Å². The van der Waals surface area contributed by atoms with Crippen molar-refractivity contribution in [1.29, 1.82) is 0 Å². The molecule has 0 heterocycles. The highest BCUT2D eigenvalue weighted by Crippen LogP contribution is 2.77. The summed E-state index contributed by atoms with van der Waals surface area (Å²) in [5, 5.41) is 22.1. The summed E-state index contributed by atoms with van der Waals surface area (Å²) in [6, 6.07) is 0. The minimum Gasteiger partial charge on any atom is -0.481 e. The molecule has 0 aromatic rings. The molecule has 0 aromatic carbocycles. The molecule has 5 nitrogen and oxygen atoms in total. The van der Waals surface area contributed by atoms with Crippen LogP contribution in [0.4, 0.5) is 0 Å². The quantitative estimate of drug-likeness (QED) is 0.346. The number of methoxy groups -OCH3 is 1. The molecule has 0 amide bonds. The molecule has 5 aliphatic carbocycles. The number of carboxylic acid groups (broad SMARTS) is 1. The molecule has 4 saturated carbocycles. The molecule has 10 atom stereocenters.